The molecule has 31 heavy (non-hydrogen) atoms. The Morgan fingerprint density at radius 3 is 2.39 bits per heavy atom. The number of hydrogen-bond acceptors (Lipinski definition) is 5. The average molecular weight is 473 g/mol. The summed E-state index contributed by atoms with van der Waals surface area (Å²) >= 11 is 6.09. The molecule has 0 radical (unpaired) electrons. The van der Waals surface area contributed by atoms with Crippen molar-refractivity contribution in [3.8, 4) is 0 Å². The second kappa shape index (κ2) is 9.29. The molecule has 0 aliphatic carbocycles. The van der Waals surface area contributed by atoms with Crippen LogP contribution in [0, 0.1) is 11.6 Å². The van der Waals surface area contributed by atoms with Crippen LogP contribution in [0.25, 0.3) is 0 Å². The molecule has 1 saturated heterocycles. The Morgan fingerprint density at radius 1 is 1.06 bits per heavy atom. The number of methoxy groups -OCH3 is 1. The van der Waals surface area contributed by atoms with E-state index in [1.165, 1.54) is 16.4 Å². The fourth-order valence-corrected chi connectivity index (χ4v) is 5.21. The van der Waals surface area contributed by atoms with E-state index in [9.17, 15) is 26.8 Å². The molecule has 2 aromatic carbocycles. The van der Waals surface area contributed by atoms with Gasteiger partial charge in [-0.2, -0.15) is 4.31 Å². The Morgan fingerprint density at radius 2 is 1.74 bits per heavy atom. The molecule has 2 aromatic rings. The quantitative estimate of drug-likeness (QED) is 0.667. The predicted molar refractivity (Wildman–Crippen MR) is 110 cm³/mol. The molecular weight excluding hydrogens is 454 g/mol. The maximum absolute atomic E-state index is 14.1. The maximum atomic E-state index is 14.1. The average Bonchev–Trinajstić information content (AvgIpc) is 2.75. The highest BCUT2D eigenvalue weighted by Crippen LogP contribution is 2.28. The number of nitrogens with one attached hydrogen (secondary N) is 1. The highest BCUT2D eigenvalue weighted by atomic mass is 35.5. The van der Waals surface area contributed by atoms with Crippen LogP contribution in [0.4, 0.5) is 14.5 Å². The fourth-order valence-electron chi connectivity index (χ4n) is 3.19. The van der Waals surface area contributed by atoms with Crippen LogP contribution in [0.5, 0.6) is 0 Å². The monoisotopic (exact) mass is 472 g/mol. The van der Waals surface area contributed by atoms with Crippen LogP contribution < -0.4 is 5.32 Å². The van der Waals surface area contributed by atoms with Crippen molar-refractivity contribution in [2.45, 2.75) is 24.2 Å². The Kier molecular flexibility index (Phi) is 6.93. The molecule has 1 fully saturated rings. The molecule has 0 aromatic heterocycles. The van der Waals surface area contributed by atoms with E-state index in [4.69, 9.17) is 11.6 Å². The summed E-state index contributed by atoms with van der Waals surface area (Å²) in [5.41, 5.74) is -1.14. The second-order valence-electron chi connectivity index (χ2n) is 6.87. The van der Waals surface area contributed by atoms with Crippen molar-refractivity contribution in [2.75, 3.05) is 25.5 Å². The van der Waals surface area contributed by atoms with Gasteiger partial charge in [0.15, 0.2) is 0 Å². The number of ether oxygens (including phenoxy) is 1. The van der Waals surface area contributed by atoms with Gasteiger partial charge < -0.3 is 10.1 Å². The van der Waals surface area contributed by atoms with E-state index >= 15 is 0 Å². The lowest BCUT2D eigenvalue weighted by atomic mass is 10.1. The molecule has 0 unspecified atom stereocenters. The van der Waals surface area contributed by atoms with Crippen LogP contribution in [0.15, 0.2) is 35.2 Å². The van der Waals surface area contributed by atoms with Crippen LogP contribution in [-0.2, 0) is 14.8 Å². The number of carbonyl (C=O) groups is 2. The number of benzene rings is 2. The molecule has 0 atom stereocenters. The van der Waals surface area contributed by atoms with Crippen LogP contribution in [0.3, 0.4) is 0 Å². The Bertz CT molecular complexity index is 1130. The summed E-state index contributed by atoms with van der Waals surface area (Å²) in [4.78, 5) is 24.0. The lowest BCUT2D eigenvalue weighted by Crippen LogP contribution is -2.35. The number of nitrogens with zero attached hydrogens (tertiary/aromatic N) is 1. The SMILES string of the molecule is COC(=O)c1cc(NC(=O)c2ccc(Cl)c(S(=O)(=O)N3CCCCC3)c2)c(F)cc1F. The molecule has 3 rings (SSSR count). The van der Waals surface area contributed by atoms with E-state index in [2.05, 4.69) is 10.1 Å². The third kappa shape index (κ3) is 4.86. The molecule has 11 heteroatoms. The predicted octanol–water partition coefficient (Wildman–Crippen LogP) is 3.83. The number of hydrogen-bond donors (Lipinski definition) is 1. The second-order valence-corrected chi connectivity index (χ2v) is 9.18. The van der Waals surface area contributed by atoms with Gasteiger partial charge in [0, 0.05) is 24.7 Å². The first-order valence-corrected chi connectivity index (χ1v) is 11.2. The smallest absolute Gasteiger partial charge is 0.340 e. The van der Waals surface area contributed by atoms with Crippen molar-refractivity contribution < 1.29 is 31.5 Å². The molecule has 1 aliphatic heterocycles. The van der Waals surface area contributed by atoms with Crippen molar-refractivity contribution in [2.24, 2.45) is 0 Å². The van der Waals surface area contributed by atoms with E-state index in [1.54, 1.807) is 0 Å². The molecule has 1 amide bonds. The van der Waals surface area contributed by atoms with E-state index < -0.39 is 44.8 Å². The van der Waals surface area contributed by atoms with E-state index in [0.717, 1.165) is 38.5 Å². The van der Waals surface area contributed by atoms with Gasteiger partial charge in [0.05, 0.1) is 23.4 Å². The number of esters is 1. The Hall–Kier alpha value is -2.56. The highest BCUT2D eigenvalue weighted by Gasteiger charge is 2.29. The van der Waals surface area contributed by atoms with Gasteiger partial charge in [0.25, 0.3) is 5.91 Å². The number of carbonyl (C=O) groups excluding carboxylic acids is 2. The van der Waals surface area contributed by atoms with Crippen LogP contribution in [-0.4, -0.2) is 44.8 Å². The zero-order chi connectivity index (χ0) is 22.8. The number of anilines is 1. The summed E-state index contributed by atoms with van der Waals surface area (Å²) in [7, 11) is -2.89. The topological polar surface area (TPSA) is 92.8 Å². The standard InChI is InChI=1S/C20H19ClF2N2O5S/c1-30-20(27)13-10-17(16(23)11-15(13)22)24-19(26)12-5-6-14(21)18(9-12)31(28,29)25-7-3-2-4-8-25/h5-6,9-11H,2-4,7-8H2,1H3,(H,24,26). The van der Waals surface area contributed by atoms with E-state index in [1.807, 2.05) is 0 Å². The van der Waals surface area contributed by atoms with Gasteiger partial charge >= 0.3 is 5.97 Å². The van der Waals surface area contributed by atoms with E-state index in [-0.39, 0.29) is 15.5 Å². The van der Waals surface area contributed by atoms with Crippen molar-refractivity contribution >= 4 is 39.2 Å². The van der Waals surface area contributed by atoms with Crippen molar-refractivity contribution in [3.05, 3.63) is 58.1 Å². The third-order valence-corrected chi connectivity index (χ3v) is 7.22. The van der Waals surface area contributed by atoms with Crippen molar-refractivity contribution in [1.82, 2.24) is 4.31 Å². The van der Waals surface area contributed by atoms with Gasteiger partial charge in [-0.3, -0.25) is 4.79 Å². The molecule has 7 nitrogen and oxygen atoms in total. The van der Waals surface area contributed by atoms with Crippen molar-refractivity contribution in [1.29, 1.82) is 0 Å². The number of amides is 1. The van der Waals surface area contributed by atoms with Gasteiger partial charge in [-0.1, -0.05) is 18.0 Å². The zero-order valence-corrected chi connectivity index (χ0v) is 18.0. The molecular formula is C20H19ClF2N2O5S. The van der Waals surface area contributed by atoms with Crippen molar-refractivity contribution in [3.63, 3.8) is 0 Å². The lowest BCUT2D eigenvalue weighted by Gasteiger charge is -2.26. The summed E-state index contributed by atoms with van der Waals surface area (Å²) in [6.45, 7) is 0.707. The molecule has 1 heterocycles. The van der Waals surface area contributed by atoms with Gasteiger partial charge in [-0.25, -0.2) is 22.0 Å². The number of piperidine rings is 1. The first-order chi connectivity index (χ1) is 14.6. The van der Waals surface area contributed by atoms with Gasteiger partial charge in [0.2, 0.25) is 10.0 Å². The maximum Gasteiger partial charge on any atom is 0.340 e. The number of halogens is 3. The molecule has 0 bridgehead atoms. The van der Waals surface area contributed by atoms with Gasteiger partial charge in [0.1, 0.15) is 16.5 Å². The Labute approximate surface area is 183 Å². The zero-order valence-electron chi connectivity index (χ0n) is 16.5. The highest BCUT2D eigenvalue weighted by molar-refractivity contribution is 7.89. The molecule has 166 valence electrons. The number of rotatable bonds is 5. The van der Waals surface area contributed by atoms with Gasteiger partial charge in [-0.15, -0.1) is 0 Å². The minimum Gasteiger partial charge on any atom is -0.465 e. The first-order valence-electron chi connectivity index (χ1n) is 9.33. The lowest BCUT2D eigenvalue weighted by molar-refractivity contribution is 0.0595. The molecule has 0 spiro atoms. The molecule has 1 aliphatic rings. The van der Waals surface area contributed by atoms with Crippen LogP contribution in [0.2, 0.25) is 5.02 Å². The largest absolute Gasteiger partial charge is 0.465 e. The Balaban J connectivity index is 1.92. The first kappa shape index (κ1) is 23.1. The minimum atomic E-state index is -3.92. The van der Waals surface area contributed by atoms with Gasteiger partial charge in [-0.05, 0) is 37.1 Å². The summed E-state index contributed by atoms with van der Waals surface area (Å²) in [5.74, 6) is -4.18. The minimum absolute atomic E-state index is 0.0527. The number of sulfonamides is 1. The summed E-state index contributed by atoms with van der Waals surface area (Å²) in [5, 5.41) is 2.16. The normalized spacial score (nSPS) is 14.8. The summed E-state index contributed by atoms with van der Waals surface area (Å²) in [6.07, 6.45) is 2.38. The summed E-state index contributed by atoms with van der Waals surface area (Å²) in [6, 6.07) is 4.87. The van der Waals surface area contributed by atoms with Crippen LogP contribution in [0.1, 0.15) is 40.0 Å². The molecule has 0 saturated carbocycles. The van der Waals surface area contributed by atoms with Crippen LogP contribution >= 0.6 is 11.6 Å². The fraction of sp³-hybridized carbons (Fsp3) is 0.300. The third-order valence-electron chi connectivity index (χ3n) is 4.84. The molecule has 1 N–H and O–H groups in total. The van der Waals surface area contributed by atoms with E-state index in [0.29, 0.717) is 19.2 Å². The summed E-state index contributed by atoms with van der Waals surface area (Å²) < 4.78 is 59.5.